The van der Waals surface area contributed by atoms with Crippen molar-refractivity contribution in [1.29, 1.82) is 0 Å². The number of aromatic carboxylic acids is 1. The highest BCUT2D eigenvalue weighted by molar-refractivity contribution is 5.92. The van der Waals surface area contributed by atoms with Gasteiger partial charge in [-0.15, -0.1) is 0 Å². The van der Waals surface area contributed by atoms with Gasteiger partial charge in [-0.25, -0.2) is 9.59 Å². The van der Waals surface area contributed by atoms with E-state index in [9.17, 15) is 9.59 Å². The summed E-state index contributed by atoms with van der Waals surface area (Å²) in [5.74, 6) is -0.590. The second kappa shape index (κ2) is 7.11. The van der Waals surface area contributed by atoms with Crippen molar-refractivity contribution in [2.24, 2.45) is 5.92 Å². The molecule has 0 unspecified atom stereocenters. The van der Waals surface area contributed by atoms with Gasteiger partial charge in [0, 0.05) is 18.3 Å². The van der Waals surface area contributed by atoms with Gasteiger partial charge in [0.1, 0.15) is 0 Å². The lowest BCUT2D eigenvalue weighted by molar-refractivity contribution is 0.0697. The van der Waals surface area contributed by atoms with Gasteiger partial charge < -0.3 is 15.3 Å². The van der Waals surface area contributed by atoms with Crippen molar-refractivity contribution in [2.45, 2.75) is 40.7 Å². The van der Waals surface area contributed by atoms with Crippen molar-refractivity contribution in [2.75, 3.05) is 11.9 Å². The van der Waals surface area contributed by atoms with Gasteiger partial charge in [0.2, 0.25) is 0 Å². The number of anilines is 1. The number of hydrogen-bond acceptors (Lipinski definition) is 2. The topological polar surface area (TPSA) is 69.6 Å². The fourth-order valence-electron chi connectivity index (χ4n) is 2.05. The van der Waals surface area contributed by atoms with E-state index >= 15 is 0 Å². The maximum atomic E-state index is 12.4. The second-order valence-corrected chi connectivity index (χ2v) is 5.90. The number of carboxylic acids is 1. The summed E-state index contributed by atoms with van der Waals surface area (Å²) in [5.41, 5.74) is 1.59. The molecule has 1 rings (SSSR count). The van der Waals surface area contributed by atoms with Crippen molar-refractivity contribution in [1.82, 2.24) is 4.90 Å². The van der Waals surface area contributed by atoms with E-state index in [1.165, 1.54) is 6.07 Å². The molecule has 0 saturated carbocycles. The van der Waals surface area contributed by atoms with E-state index in [2.05, 4.69) is 19.2 Å². The fourth-order valence-corrected chi connectivity index (χ4v) is 2.05. The van der Waals surface area contributed by atoms with Crippen LogP contribution in [0, 0.1) is 12.8 Å². The molecule has 0 heterocycles. The molecule has 21 heavy (non-hydrogen) atoms. The maximum absolute atomic E-state index is 12.4. The van der Waals surface area contributed by atoms with Crippen molar-refractivity contribution < 1.29 is 14.7 Å². The highest BCUT2D eigenvalue weighted by atomic mass is 16.4. The van der Waals surface area contributed by atoms with Gasteiger partial charge in [-0.3, -0.25) is 0 Å². The third kappa shape index (κ3) is 4.77. The summed E-state index contributed by atoms with van der Waals surface area (Å²) in [5, 5.41) is 11.8. The Hall–Kier alpha value is -2.04. The van der Waals surface area contributed by atoms with Crippen LogP contribution in [0.15, 0.2) is 18.2 Å². The predicted octanol–water partition coefficient (Wildman–Crippen LogP) is 3.59. The molecule has 1 aromatic carbocycles. The van der Waals surface area contributed by atoms with E-state index in [1.54, 1.807) is 24.0 Å². The van der Waals surface area contributed by atoms with Crippen LogP contribution in [0.25, 0.3) is 0 Å². The van der Waals surface area contributed by atoms with Crippen molar-refractivity contribution >= 4 is 17.7 Å². The molecule has 0 spiro atoms. The maximum Gasteiger partial charge on any atom is 0.335 e. The summed E-state index contributed by atoms with van der Waals surface area (Å²) in [7, 11) is 0. The Morgan fingerprint density at radius 2 is 1.86 bits per heavy atom. The van der Waals surface area contributed by atoms with E-state index in [1.807, 2.05) is 13.8 Å². The number of benzene rings is 1. The molecule has 0 aliphatic heterocycles. The zero-order chi connectivity index (χ0) is 16.2. The zero-order valence-electron chi connectivity index (χ0n) is 13.3. The highest BCUT2D eigenvalue weighted by Gasteiger charge is 2.19. The summed E-state index contributed by atoms with van der Waals surface area (Å²) >= 11 is 0. The monoisotopic (exact) mass is 292 g/mol. The van der Waals surface area contributed by atoms with E-state index in [0.29, 0.717) is 18.2 Å². The van der Waals surface area contributed by atoms with Crippen LogP contribution in [-0.2, 0) is 0 Å². The summed E-state index contributed by atoms with van der Waals surface area (Å²) in [6, 6.07) is 4.62. The van der Waals surface area contributed by atoms with Gasteiger partial charge in [-0.2, -0.15) is 0 Å². The van der Waals surface area contributed by atoms with Crippen molar-refractivity contribution in [3.8, 4) is 0 Å². The van der Waals surface area contributed by atoms with E-state index in [-0.39, 0.29) is 17.6 Å². The summed E-state index contributed by atoms with van der Waals surface area (Å²) in [4.78, 5) is 25.0. The Morgan fingerprint density at radius 1 is 1.24 bits per heavy atom. The number of nitrogens with zero attached hydrogens (tertiary/aromatic N) is 1. The van der Waals surface area contributed by atoms with Crippen LogP contribution in [0.3, 0.4) is 0 Å². The molecular formula is C16H24N2O3. The van der Waals surface area contributed by atoms with Gasteiger partial charge in [0.25, 0.3) is 0 Å². The molecule has 0 radical (unpaired) electrons. The summed E-state index contributed by atoms with van der Waals surface area (Å²) < 4.78 is 0. The Labute approximate surface area is 126 Å². The first kappa shape index (κ1) is 17.0. The first-order valence-electron chi connectivity index (χ1n) is 7.14. The highest BCUT2D eigenvalue weighted by Crippen LogP contribution is 2.18. The molecule has 0 atom stereocenters. The van der Waals surface area contributed by atoms with Crippen molar-refractivity contribution in [3.63, 3.8) is 0 Å². The van der Waals surface area contributed by atoms with E-state index in [0.717, 1.165) is 5.56 Å². The lowest BCUT2D eigenvalue weighted by atomic mass is 10.1. The Kier molecular flexibility index (Phi) is 5.76. The first-order chi connectivity index (χ1) is 9.72. The number of amides is 2. The molecule has 0 aromatic heterocycles. The van der Waals surface area contributed by atoms with Crippen LogP contribution in [0.2, 0.25) is 0 Å². The minimum absolute atomic E-state index is 0.103. The average molecular weight is 292 g/mol. The number of aryl methyl sites for hydroxylation is 1. The molecule has 116 valence electrons. The van der Waals surface area contributed by atoms with Crippen LogP contribution in [0.1, 0.15) is 43.6 Å². The lowest BCUT2D eigenvalue weighted by Gasteiger charge is -2.29. The predicted molar refractivity (Wildman–Crippen MR) is 83.8 cm³/mol. The molecule has 5 heteroatoms. The average Bonchev–Trinajstić information content (AvgIpc) is 2.37. The number of hydrogen-bond donors (Lipinski definition) is 2. The molecule has 5 nitrogen and oxygen atoms in total. The summed E-state index contributed by atoms with van der Waals surface area (Å²) in [6.45, 7) is 10.5. The van der Waals surface area contributed by atoms with Gasteiger partial charge >= 0.3 is 12.0 Å². The molecule has 0 aliphatic carbocycles. The molecule has 1 aromatic rings. The van der Waals surface area contributed by atoms with Crippen molar-refractivity contribution in [3.05, 3.63) is 29.3 Å². The van der Waals surface area contributed by atoms with Crippen LogP contribution >= 0.6 is 0 Å². The minimum atomic E-state index is -0.973. The number of rotatable bonds is 5. The number of carboxylic acid groups (broad SMARTS) is 1. The quantitative estimate of drug-likeness (QED) is 0.871. The van der Waals surface area contributed by atoms with Gasteiger partial charge in [0.05, 0.1) is 5.56 Å². The standard InChI is InChI=1S/C16H24N2O3/c1-10(2)9-18(11(3)4)16(21)17-14-7-6-13(15(19)20)8-12(14)5/h6-8,10-11H,9H2,1-5H3,(H,17,21)(H,19,20). The Bertz CT molecular complexity index is 524. The van der Waals surface area contributed by atoms with Gasteiger partial charge in [-0.1, -0.05) is 13.8 Å². The molecule has 0 saturated heterocycles. The van der Waals surface area contributed by atoms with Gasteiger partial charge in [-0.05, 0) is 50.5 Å². The number of urea groups is 1. The number of carbonyl (C=O) groups excluding carboxylic acids is 1. The second-order valence-electron chi connectivity index (χ2n) is 5.90. The van der Waals surface area contributed by atoms with E-state index in [4.69, 9.17) is 5.11 Å². The molecule has 0 bridgehead atoms. The van der Waals surface area contributed by atoms with Crippen LogP contribution in [0.4, 0.5) is 10.5 Å². The van der Waals surface area contributed by atoms with Gasteiger partial charge in [0.15, 0.2) is 0 Å². The smallest absolute Gasteiger partial charge is 0.335 e. The lowest BCUT2D eigenvalue weighted by Crippen LogP contribution is -2.42. The van der Waals surface area contributed by atoms with E-state index < -0.39 is 5.97 Å². The largest absolute Gasteiger partial charge is 0.478 e. The number of nitrogens with one attached hydrogen (secondary N) is 1. The normalized spacial score (nSPS) is 10.8. The molecule has 0 fully saturated rings. The minimum Gasteiger partial charge on any atom is -0.478 e. The number of carbonyl (C=O) groups is 2. The summed E-state index contributed by atoms with van der Waals surface area (Å²) in [6.07, 6.45) is 0. The first-order valence-corrected chi connectivity index (χ1v) is 7.14. The van der Waals surface area contributed by atoms with Crippen LogP contribution in [0.5, 0.6) is 0 Å². The fraction of sp³-hybridized carbons (Fsp3) is 0.500. The third-order valence-electron chi connectivity index (χ3n) is 3.16. The Balaban J connectivity index is 2.88. The van der Waals surface area contributed by atoms with Crippen LogP contribution in [-0.4, -0.2) is 34.6 Å². The molecule has 2 amide bonds. The molecule has 0 aliphatic rings. The van der Waals surface area contributed by atoms with Crippen LogP contribution < -0.4 is 5.32 Å². The zero-order valence-corrected chi connectivity index (χ0v) is 13.3. The molecule has 2 N–H and O–H groups in total. The molecular weight excluding hydrogens is 268 g/mol. The Morgan fingerprint density at radius 3 is 2.29 bits per heavy atom. The SMILES string of the molecule is Cc1cc(C(=O)O)ccc1NC(=O)N(CC(C)C)C(C)C. The third-order valence-corrected chi connectivity index (χ3v) is 3.16.